The predicted molar refractivity (Wildman–Crippen MR) is 146 cm³/mol. The van der Waals surface area contributed by atoms with Crippen LogP contribution in [0, 0.1) is 0 Å². The number of rotatable bonds is 10. The largest absolute Gasteiger partial charge is 0.481 e. The van der Waals surface area contributed by atoms with Gasteiger partial charge in [-0.25, -0.2) is 4.79 Å². The van der Waals surface area contributed by atoms with E-state index in [9.17, 15) is 19.5 Å². The molecule has 0 heterocycles. The summed E-state index contributed by atoms with van der Waals surface area (Å²) < 4.78 is 5.53. The van der Waals surface area contributed by atoms with Gasteiger partial charge < -0.3 is 15.2 Å². The molecule has 1 atom stereocenters. The van der Waals surface area contributed by atoms with Crippen LogP contribution in [-0.4, -0.2) is 35.6 Å². The van der Waals surface area contributed by atoms with E-state index in [0.29, 0.717) is 12.8 Å². The molecule has 0 fully saturated rings. The average Bonchev–Trinajstić information content (AvgIpc) is 3.25. The van der Waals surface area contributed by atoms with E-state index in [1.165, 1.54) is 0 Å². The summed E-state index contributed by atoms with van der Waals surface area (Å²) in [5, 5.41) is 14.1. The van der Waals surface area contributed by atoms with Crippen molar-refractivity contribution in [1.29, 1.82) is 0 Å². The minimum Gasteiger partial charge on any atom is -0.481 e. The number of alkyl carbamates (subject to hydrolysis) is 1. The fourth-order valence-electron chi connectivity index (χ4n) is 5.34. The Hall–Kier alpha value is -4.45. The van der Waals surface area contributed by atoms with Crippen LogP contribution in [0.2, 0.25) is 0 Å². The lowest BCUT2D eigenvalue weighted by Crippen LogP contribution is -2.42. The van der Waals surface area contributed by atoms with Crippen molar-refractivity contribution in [3.8, 4) is 11.1 Å². The molecule has 1 aliphatic carbocycles. The summed E-state index contributed by atoms with van der Waals surface area (Å²) in [4.78, 5) is 37.0. The van der Waals surface area contributed by atoms with Crippen LogP contribution >= 0.6 is 0 Å². The lowest BCUT2D eigenvalue weighted by Gasteiger charge is -2.18. The predicted octanol–water partition coefficient (Wildman–Crippen LogP) is 6.11. The third-order valence-electron chi connectivity index (χ3n) is 7.15. The molecular formula is C32H29NO5. The van der Waals surface area contributed by atoms with Gasteiger partial charge in [0.2, 0.25) is 0 Å². The normalized spacial score (nSPS) is 12.9. The van der Waals surface area contributed by atoms with Gasteiger partial charge in [-0.3, -0.25) is 9.59 Å². The molecule has 0 spiro atoms. The van der Waals surface area contributed by atoms with Crippen molar-refractivity contribution in [2.24, 2.45) is 0 Å². The Bertz CT molecular complexity index is 1440. The second-order valence-electron chi connectivity index (χ2n) is 9.58. The number of carbonyl (C=O) groups is 3. The number of hydrogen-bond donors (Lipinski definition) is 2. The lowest BCUT2D eigenvalue weighted by atomic mass is 9.97. The number of benzene rings is 4. The van der Waals surface area contributed by atoms with Crippen LogP contribution in [0.4, 0.5) is 4.79 Å². The van der Waals surface area contributed by atoms with Crippen LogP contribution in [0.1, 0.15) is 41.9 Å². The second kappa shape index (κ2) is 11.3. The first kappa shape index (κ1) is 25.2. The van der Waals surface area contributed by atoms with Crippen molar-refractivity contribution in [1.82, 2.24) is 5.32 Å². The van der Waals surface area contributed by atoms with Crippen LogP contribution in [0.25, 0.3) is 21.9 Å². The Morgan fingerprint density at radius 3 is 2.16 bits per heavy atom. The Morgan fingerprint density at radius 2 is 1.45 bits per heavy atom. The van der Waals surface area contributed by atoms with Crippen molar-refractivity contribution < 1.29 is 24.2 Å². The maximum absolute atomic E-state index is 12.9. The molecule has 6 nitrogen and oxygen atoms in total. The standard InChI is InChI=1S/C32H29NO5/c34-30(18-8-12-22-11-7-10-21-9-1-2-13-23(21)22)29(19-31(35)36)33-32(37)38-20-28-26-16-5-3-14-24(26)25-15-4-6-17-27(25)28/h1-7,9-11,13-17,28-29H,8,12,18-20H2,(H,33,37)(H,35,36)/t29-/m0/s1. The maximum atomic E-state index is 12.9. The van der Waals surface area contributed by atoms with E-state index in [2.05, 4.69) is 11.4 Å². The monoisotopic (exact) mass is 507 g/mol. The Morgan fingerprint density at radius 1 is 0.816 bits per heavy atom. The summed E-state index contributed by atoms with van der Waals surface area (Å²) in [7, 11) is 0. The SMILES string of the molecule is O=C(O)C[C@H](NC(=O)OCC1c2ccccc2-c2ccccc21)C(=O)CCCc1cccc2ccccc12. The van der Waals surface area contributed by atoms with Crippen molar-refractivity contribution in [2.45, 2.75) is 37.6 Å². The van der Waals surface area contributed by atoms with Gasteiger partial charge in [0.15, 0.2) is 5.78 Å². The molecule has 0 saturated carbocycles. The molecule has 4 aromatic carbocycles. The molecule has 2 N–H and O–H groups in total. The Kier molecular flexibility index (Phi) is 7.50. The first-order chi connectivity index (χ1) is 18.5. The molecule has 0 bridgehead atoms. The molecular weight excluding hydrogens is 478 g/mol. The number of ketones is 1. The van der Waals surface area contributed by atoms with E-state index in [1.807, 2.05) is 84.9 Å². The summed E-state index contributed by atoms with van der Waals surface area (Å²) >= 11 is 0. The number of aryl methyl sites for hydroxylation is 1. The molecule has 0 radical (unpaired) electrons. The topological polar surface area (TPSA) is 92.7 Å². The van der Waals surface area contributed by atoms with Crippen molar-refractivity contribution in [3.05, 3.63) is 108 Å². The Labute approximate surface area is 221 Å². The third kappa shape index (κ3) is 5.44. The van der Waals surface area contributed by atoms with Gasteiger partial charge in [-0.05, 0) is 51.4 Å². The number of carboxylic acid groups (broad SMARTS) is 1. The van der Waals surface area contributed by atoms with Crippen LogP contribution in [0.3, 0.4) is 0 Å². The molecule has 4 aromatic rings. The summed E-state index contributed by atoms with van der Waals surface area (Å²) in [6, 6.07) is 29.0. The quantitative estimate of drug-likeness (QED) is 0.270. The van der Waals surface area contributed by atoms with Gasteiger partial charge in [0.05, 0.1) is 6.42 Å². The van der Waals surface area contributed by atoms with Crippen molar-refractivity contribution >= 4 is 28.6 Å². The maximum Gasteiger partial charge on any atom is 0.407 e. The van der Waals surface area contributed by atoms with E-state index in [0.717, 1.165) is 38.6 Å². The lowest BCUT2D eigenvalue weighted by molar-refractivity contribution is -0.139. The number of ether oxygens (including phenoxy) is 1. The number of hydrogen-bond acceptors (Lipinski definition) is 4. The summed E-state index contributed by atoms with van der Waals surface area (Å²) in [5.41, 5.74) is 5.51. The van der Waals surface area contributed by atoms with Crippen LogP contribution < -0.4 is 5.32 Å². The number of amides is 1. The smallest absolute Gasteiger partial charge is 0.407 e. The van der Waals surface area contributed by atoms with Crippen LogP contribution in [0.15, 0.2) is 91.0 Å². The van der Waals surface area contributed by atoms with Gasteiger partial charge in [-0.15, -0.1) is 0 Å². The number of Topliss-reactive ketones (excluding diaryl/α,β-unsaturated/α-hetero) is 1. The Balaban J connectivity index is 1.19. The number of fused-ring (bicyclic) bond motifs is 4. The molecule has 38 heavy (non-hydrogen) atoms. The highest BCUT2D eigenvalue weighted by molar-refractivity contribution is 5.91. The fraction of sp³-hybridized carbons (Fsp3) is 0.219. The van der Waals surface area contributed by atoms with Gasteiger partial charge in [0, 0.05) is 12.3 Å². The molecule has 192 valence electrons. The number of carbonyl (C=O) groups excluding carboxylic acids is 2. The van der Waals surface area contributed by atoms with E-state index < -0.39 is 24.5 Å². The van der Waals surface area contributed by atoms with Crippen LogP contribution in [-0.2, 0) is 20.7 Å². The summed E-state index contributed by atoms with van der Waals surface area (Å²) in [5.74, 6) is -1.60. The summed E-state index contributed by atoms with van der Waals surface area (Å²) in [6.07, 6.45) is 0.107. The van der Waals surface area contributed by atoms with Gasteiger partial charge >= 0.3 is 12.1 Å². The molecule has 0 unspecified atom stereocenters. The summed E-state index contributed by atoms with van der Waals surface area (Å²) in [6.45, 7) is 0.0922. The molecule has 0 aliphatic heterocycles. The van der Waals surface area contributed by atoms with E-state index >= 15 is 0 Å². The zero-order chi connectivity index (χ0) is 26.5. The van der Waals surface area contributed by atoms with Gasteiger partial charge in [0.1, 0.15) is 12.6 Å². The van der Waals surface area contributed by atoms with Crippen LogP contribution in [0.5, 0.6) is 0 Å². The molecule has 5 rings (SSSR count). The minimum atomic E-state index is -1.16. The highest BCUT2D eigenvalue weighted by Crippen LogP contribution is 2.44. The second-order valence-corrected chi connectivity index (χ2v) is 9.58. The van der Waals surface area contributed by atoms with Crippen molar-refractivity contribution in [2.75, 3.05) is 6.61 Å². The number of nitrogens with one attached hydrogen (secondary N) is 1. The molecule has 0 aromatic heterocycles. The zero-order valence-corrected chi connectivity index (χ0v) is 20.9. The number of carboxylic acids is 1. The van der Waals surface area contributed by atoms with E-state index in [4.69, 9.17) is 4.74 Å². The highest BCUT2D eigenvalue weighted by Gasteiger charge is 2.30. The molecule has 6 heteroatoms. The fourth-order valence-corrected chi connectivity index (χ4v) is 5.34. The molecule has 1 aliphatic rings. The van der Waals surface area contributed by atoms with Gasteiger partial charge in [0.25, 0.3) is 0 Å². The van der Waals surface area contributed by atoms with E-state index in [1.54, 1.807) is 0 Å². The highest BCUT2D eigenvalue weighted by atomic mass is 16.5. The minimum absolute atomic E-state index is 0.0922. The third-order valence-corrected chi connectivity index (χ3v) is 7.15. The van der Waals surface area contributed by atoms with Gasteiger partial charge in [-0.2, -0.15) is 0 Å². The molecule has 0 saturated heterocycles. The van der Waals surface area contributed by atoms with Gasteiger partial charge in [-0.1, -0.05) is 91.0 Å². The zero-order valence-electron chi connectivity index (χ0n) is 20.9. The average molecular weight is 508 g/mol. The first-order valence-electron chi connectivity index (χ1n) is 12.8. The van der Waals surface area contributed by atoms with Crippen molar-refractivity contribution in [3.63, 3.8) is 0 Å². The first-order valence-corrected chi connectivity index (χ1v) is 12.8. The number of aliphatic carboxylic acids is 1. The molecule has 1 amide bonds. The van der Waals surface area contributed by atoms with E-state index in [-0.39, 0.29) is 24.7 Å².